The van der Waals surface area contributed by atoms with Crippen LogP contribution in [0.3, 0.4) is 0 Å². The van der Waals surface area contributed by atoms with E-state index < -0.39 is 0 Å². The summed E-state index contributed by atoms with van der Waals surface area (Å²) in [7, 11) is 0. The predicted octanol–water partition coefficient (Wildman–Crippen LogP) is 2.18. The van der Waals surface area contributed by atoms with Crippen LogP contribution in [0, 0.1) is 0 Å². The Hall–Kier alpha value is -1.68. The number of nitrogens with zero attached hydrogens (tertiary/aromatic N) is 1. The first kappa shape index (κ1) is 11.4. The van der Waals surface area contributed by atoms with Crippen molar-refractivity contribution in [2.45, 2.75) is 18.9 Å². The summed E-state index contributed by atoms with van der Waals surface area (Å²) in [6.45, 7) is 3.10. The Morgan fingerprint density at radius 2 is 2.17 bits per heavy atom. The summed E-state index contributed by atoms with van der Waals surface area (Å²) < 4.78 is 0. The summed E-state index contributed by atoms with van der Waals surface area (Å²) in [5.74, 6) is 0.372. The van der Waals surface area contributed by atoms with Crippen LogP contribution in [-0.2, 0) is 0 Å². The molecule has 2 heterocycles. The number of para-hydroxylation sites is 1. The molecular weight excluding hydrogens is 242 g/mol. The van der Waals surface area contributed by atoms with E-state index in [1.807, 2.05) is 12.3 Å². The molecule has 0 spiro atoms. The van der Waals surface area contributed by atoms with E-state index in [9.17, 15) is 0 Å². The Morgan fingerprint density at radius 1 is 1.33 bits per heavy atom. The average molecular weight is 257 g/mol. The van der Waals surface area contributed by atoms with Gasteiger partial charge in [0.05, 0.1) is 11.6 Å². The lowest BCUT2D eigenvalue weighted by atomic mass is 9.92. The van der Waals surface area contributed by atoms with E-state index in [-0.39, 0.29) is 0 Å². The SMILES string of the molecule is CC(c1cccc2cccnc12)C1CNC(=S)N1. The quantitative estimate of drug-likeness (QED) is 0.809. The zero-order chi connectivity index (χ0) is 12.5. The molecule has 1 aliphatic rings. The molecule has 0 radical (unpaired) electrons. The number of rotatable bonds is 2. The second kappa shape index (κ2) is 4.53. The van der Waals surface area contributed by atoms with E-state index in [1.165, 1.54) is 10.9 Å². The average Bonchev–Trinajstić information content (AvgIpc) is 2.84. The van der Waals surface area contributed by atoms with Gasteiger partial charge in [0.25, 0.3) is 0 Å². The summed E-state index contributed by atoms with van der Waals surface area (Å²) >= 11 is 5.12. The number of fused-ring (bicyclic) bond motifs is 1. The number of hydrogen-bond acceptors (Lipinski definition) is 2. The fraction of sp³-hybridized carbons (Fsp3) is 0.286. The minimum atomic E-state index is 0.338. The van der Waals surface area contributed by atoms with Gasteiger partial charge in [-0.1, -0.05) is 31.2 Å². The third kappa shape index (κ3) is 1.93. The molecule has 1 aromatic heterocycles. The van der Waals surface area contributed by atoms with Crippen LogP contribution in [0.5, 0.6) is 0 Å². The highest BCUT2D eigenvalue weighted by atomic mass is 32.1. The van der Waals surface area contributed by atoms with Gasteiger partial charge in [-0.2, -0.15) is 0 Å². The monoisotopic (exact) mass is 257 g/mol. The first-order chi connectivity index (χ1) is 8.75. The van der Waals surface area contributed by atoms with Gasteiger partial charge in [-0.3, -0.25) is 4.98 Å². The Labute approximate surface area is 112 Å². The highest BCUT2D eigenvalue weighted by Crippen LogP contribution is 2.26. The molecule has 92 valence electrons. The van der Waals surface area contributed by atoms with Crippen molar-refractivity contribution in [2.75, 3.05) is 6.54 Å². The molecule has 2 atom stereocenters. The maximum absolute atomic E-state index is 5.12. The van der Waals surface area contributed by atoms with Crippen molar-refractivity contribution in [3.05, 3.63) is 42.1 Å². The molecule has 1 saturated heterocycles. The van der Waals surface area contributed by atoms with E-state index >= 15 is 0 Å². The molecule has 4 heteroatoms. The van der Waals surface area contributed by atoms with Gasteiger partial charge in [0.2, 0.25) is 0 Å². The molecule has 3 nitrogen and oxygen atoms in total. The zero-order valence-corrected chi connectivity index (χ0v) is 11.0. The number of aromatic nitrogens is 1. The van der Waals surface area contributed by atoms with Gasteiger partial charge >= 0.3 is 0 Å². The van der Waals surface area contributed by atoms with Gasteiger partial charge in [0.1, 0.15) is 0 Å². The van der Waals surface area contributed by atoms with Gasteiger partial charge in [0, 0.05) is 24.0 Å². The summed E-state index contributed by atoms with van der Waals surface area (Å²) in [6.07, 6.45) is 1.85. The summed E-state index contributed by atoms with van der Waals surface area (Å²) in [5.41, 5.74) is 2.37. The van der Waals surface area contributed by atoms with Gasteiger partial charge in [-0.05, 0) is 23.8 Å². The lowest BCUT2D eigenvalue weighted by Gasteiger charge is -2.20. The maximum atomic E-state index is 5.12. The minimum Gasteiger partial charge on any atom is -0.361 e. The molecule has 1 aromatic carbocycles. The molecule has 0 amide bonds. The van der Waals surface area contributed by atoms with Gasteiger partial charge in [-0.15, -0.1) is 0 Å². The van der Waals surface area contributed by atoms with Crippen molar-refractivity contribution < 1.29 is 0 Å². The molecule has 2 N–H and O–H groups in total. The minimum absolute atomic E-state index is 0.338. The molecule has 0 bridgehead atoms. The lowest BCUT2D eigenvalue weighted by molar-refractivity contribution is 0.558. The second-order valence-corrected chi connectivity index (χ2v) is 5.08. The standard InChI is InChI=1S/C14H15N3S/c1-9(12-8-16-14(18)17-12)11-6-2-4-10-5-3-7-15-13(10)11/h2-7,9,12H,8H2,1H3,(H2,16,17,18). The molecule has 2 unspecified atom stereocenters. The first-order valence-electron chi connectivity index (χ1n) is 6.14. The van der Waals surface area contributed by atoms with Crippen LogP contribution in [-0.4, -0.2) is 22.7 Å². The number of thiocarbonyl (C=S) groups is 1. The topological polar surface area (TPSA) is 37.0 Å². The second-order valence-electron chi connectivity index (χ2n) is 4.67. The van der Waals surface area contributed by atoms with Crippen molar-refractivity contribution in [3.8, 4) is 0 Å². The molecule has 1 aliphatic heterocycles. The molecule has 2 aromatic rings. The van der Waals surface area contributed by atoms with Gasteiger partial charge in [-0.25, -0.2) is 0 Å². The van der Waals surface area contributed by atoms with E-state index in [1.54, 1.807) is 0 Å². The van der Waals surface area contributed by atoms with Crippen LogP contribution in [0.15, 0.2) is 36.5 Å². The van der Waals surface area contributed by atoms with Crippen LogP contribution < -0.4 is 10.6 Å². The van der Waals surface area contributed by atoms with Crippen LogP contribution in [0.25, 0.3) is 10.9 Å². The molecule has 3 rings (SSSR count). The van der Waals surface area contributed by atoms with Crippen molar-refractivity contribution >= 4 is 28.2 Å². The summed E-state index contributed by atoms with van der Waals surface area (Å²) in [4.78, 5) is 4.51. The maximum Gasteiger partial charge on any atom is 0.166 e. The van der Waals surface area contributed by atoms with Crippen LogP contribution in [0.4, 0.5) is 0 Å². The summed E-state index contributed by atoms with van der Waals surface area (Å²) in [6, 6.07) is 10.8. The van der Waals surface area contributed by atoms with Crippen LogP contribution in [0.1, 0.15) is 18.4 Å². The van der Waals surface area contributed by atoms with E-state index in [0.29, 0.717) is 12.0 Å². The highest BCUT2D eigenvalue weighted by molar-refractivity contribution is 7.80. The first-order valence-corrected chi connectivity index (χ1v) is 6.54. The number of hydrogen-bond donors (Lipinski definition) is 2. The molecular formula is C14H15N3S. The lowest BCUT2D eigenvalue weighted by Crippen LogP contribution is -2.31. The smallest absolute Gasteiger partial charge is 0.166 e. The van der Waals surface area contributed by atoms with Crippen molar-refractivity contribution in [3.63, 3.8) is 0 Å². The Bertz CT molecular complexity index is 591. The largest absolute Gasteiger partial charge is 0.361 e. The molecule has 0 aliphatic carbocycles. The Balaban J connectivity index is 2.01. The number of pyridine rings is 1. The Morgan fingerprint density at radius 3 is 2.94 bits per heavy atom. The van der Waals surface area contributed by atoms with Gasteiger partial charge < -0.3 is 10.6 Å². The van der Waals surface area contributed by atoms with Crippen LogP contribution in [0.2, 0.25) is 0 Å². The molecule has 1 fully saturated rings. The Kier molecular flexibility index (Phi) is 2.88. The fourth-order valence-electron chi connectivity index (χ4n) is 2.49. The fourth-order valence-corrected chi connectivity index (χ4v) is 2.72. The third-order valence-electron chi connectivity index (χ3n) is 3.56. The van der Waals surface area contributed by atoms with Crippen molar-refractivity contribution in [1.29, 1.82) is 0 Å². The third-order valence-corrected chi connectivity index (χ3v) is 3.82. The highest BCUT2D eigenvalue weighted by Gasteiger charge is 2.25. The predicted molar refractivity (Wildman–Crippen MR) is 77.7 cm³/mol. The van der Waals surface area contributed by atoms with E-state index in [0.717, 1.165) is 17.2 Å². The van der Waals surface area contributed by atoms with Crippen molar-refractivity contribution in [2.24, 2.45) is 0 Å². The van der Waals surface area contributed by atoms with Crippen molar-refractivity contribution in [1.82, 2.24) is 15.6 Å². The van der Waals surface area contributed by atoms with Crippen LogP contribution >= 0.6 is 12.2 Å². The van der Waals surface area contributed by atoms with E-state index in [2.05, 4.69) is 46.8 Å². The number of nitrogens with one attached hydrogen (secondary N) is 2. The summed E-state index contributed by atoms with van der Waals surface area (Å²) in [5, 5.41) is 8.42. The van der Waals surface area contributed by atoms with E-state index in [4.69, 9.17) is 12.2 Å². The molecule has 18 heavy (non-hydrogen) atoms. The molecule has 0 saturated carbocycles. The normalized spacial score (nSPS) is 20.5. The zero-order valence-electron chi connectivity index (χ0n) is 10.2. The van der Waals surface area contributed by atoms with Gasteiger partial charge in [0.15, 0.2) is 5.11 Å². The number of benzene rings is 1.